The minimum atomic E-state index is -3.34. The Labute approximate surface area is 163 Å². The van der Waals surface area contributed by atoms with Crippen molar-refractivity contribution in [3.05, 3.63) is 30.1 Å². The molecule has 2 saturated heterocycles. The Kier molecular flexibility index (Phi) is 6.12. The molecule has 3 heterocycles. The maximum absolute atomic E-state index is 13.2. The minimum absolute atomic E-state index is 0.292. The van der Waals surface area contributed by atoms with Crippen LogP contribution in [0.25, 0.3) is 0 Å². The molecule has 1 aliphatic carbocycles. The highest BCUT2D eigenvalue weighted by Gasteiger charge is 2.37. The standard InChI is InChI=1S/C20H32N4O2S/c25-27(26,23-11-5-6-12-23)24-14-13-22(20-8-1-2-9-20)16-18(17-24)15-19-7-3-4-10-21-19/h3-4,7,10,18,20H,1-2,5-6,8-9,11-17H2/t18-/m1/s1. The lowest BCUT2D eigenvalue weighted by atomic mass is 10.0. The summed E-state index contributed by atoms with van der Waals surface area (Å²) in [4.78, 5) is 7.06. The molecule has 0 aromatic carbocycles. The molecule has 27 heavy (non-hydrogen) atoms. The molecule has 7 heteroatoms. The first-order valence-corrected chi connectivity index (χ1v) is 11.9. The summed E-state index contributed by atoms with van der Waals surface area (Å²) in [6.07, 6.45) is 9.78. The number of rotatable bonds is 5. The van der Waals surface area contributed by atoms with Crippen LogP contribution in [0, 0.1) is 5.92 Å². The van der Waals surface area contributed by atoms with Gasteiger partial charge in [-0.05, 0) is 50.2 Å². The van der Waals surface area contributed by atoms with E-state index >= 15 is 0 Å². The molecule has 6 nitrogen and oxygen atoms in total. The van der Waals surface area contributed by atoms with Crippen molar-refractivity contribution >= 4 is 10.2 Å². The van der Waals surface area contributed by atoms with E-state index in [0.29, 0.717) is 38.1 Å². The molecule has 1 aromatic heterocycles. The van der Waals surface area contributed by atoms with E-state index < -0.39 is 10.2 Å². The van der Waals surface area contributed by atoms with E-state index in [4.69, 9.17) is 0 Å². The van der Waals surface area contributed by atoms with Crippen molar-refractivity contribution < 1.29 is 8.42 Å². The summed E-state index contributed by atoms with van der Waals surface area (Å²) < 4.78 is 29.8. The predicted octanol–water partition coefficient (Wildman–Crippen LogP) is 2.14. The van der Waals surface area contributed by atoms with Crippen molar-refractivity contribution in [1.82, 2.24) is 18.5 Å². The molecule has 0 radical (unpaired) electrons. The van der Waals surface area contributed by atoms with E-state index in [1.165, 1.54) is 25.7 Å². The van der Waals surface area contributed by atoms with E-state index in [1.54, 1.807) is 8.61 Å². The predicted molar refractivity (Wildman–Crippen MR) is 107 cm³/mol. The molecule has 3 aliphatic rings. The van der Waals surface area contributed by atoms with Crippen LogP contribution in [-0.2, 0) is 16.6 Å². The third-order valence-electron chi connectivity index (χ3n) is 6.37. The Morgan fingerprint density at radius 2 is 1.70 bits per heavy atom. The summed E-state index contributed by atoms with van der Waals surface area (Å²) in [6, 6.07) is 6.65. The molecular weight excluding hydrogens is 360 g/mol. The third-order valence-corrected chi connectivity index (χ3v) is 8.38. The molecule has 150 valence electrons. The van der Waals surface area contributed by atoms with Gasteiger partial charge in [-0.15, -0.1) is 0 Å². The fourth-order valence-corrected chi connectivity index (χ4v) is 6.69. The number of hydrogen-bond donors (Lipinski definition) is 0. The first-order valence-electron chi connectivity index (χ1n) is 10.5. The van der Waals surface area contributed by atoms with Gasteiger partial charge in [0.25, 0.3) is 10.2 Å². The lowest BCUT2D eigenvalue weighted by molar-refractivity contribution is 0.187. The van der Waals surface area contributed by atoms with Gasteiger partial charge in [0.15, 0.2) is 0 Å². The Balaban J connectivity index is 1.52. The second kappa shape index (κ2) is 8.55. The molecule has 4 rings (SSSR count). The molecule has 0 N–H and O–H groups in total. The van der Waals surface area contributed by atoms with Gasteiger partial charge in [0, 0.05) is 57.2 Å². The smallest absolute Gasteiger partial charge is 0.282 e. The van der Waals surface area contributed by atoms with E-state index in [1.807, 2.05) is 18.3 Å². The number of pyridine rings is 1. The van der Waals surface area contributed by atoms with Crippen molar-refractivity contribution in [2.45, 2.75) is 51.0 Å². The van der Waals surface area contributed by atoms with Crippen LogP contribution in [-0.4, -0.2) is 72.2 Å². The van der Waals surface area contributed by atoms with Gasteiger partial charge < -0.3 is 0 Å². The molecule has 0 spiro atoms. The van der Waals surface area contributed by atoms with Crippen LogP contribution in [0.2, 0.25) is 0 Å². The molecule has 2 aliphatic heterocycles. The summed E-state index contributed by atoms with van der Waals surface area (Å²) >= 11 is 0. The molecule has 1 saturated carbocycles. The van der Waals surface area contributed by atoms with Crippen LogP contribution < -0.4 is 0 Å². The Hall–Kier alpha value is -1.02. The molecule has 1 atom stereocenters. The Morgan fingerprint density at radius 3 is 2.41 bits per heavy atom. The fourth-order valence-electron chi connectivity index (χ4n) is 4.94. The summed E-state index contributed by atoms with van der Waals surface area (Å²) in [5, 5.41) is 0. The summed E-state index contributed by atoms with van der Waals surface area (Å²) in [5.41, 5.74) is 1.06. The average molecular weight is 393 g/mol. The number of nitrogens with zero attached hydrogens (tertiary/aromatic N) is 4. The highest BCUT2D eigenvalue weighted by atomic mass is 32.2. The maximum atomic E-state index is 13.2. The summed E-state index contributed by atoms with van der Waals surface area (Å²) in [6.45, 7) is 4.42. The van der Waals surface area contributed by atoms with Crippen molar-refractivity contribution in [3.63, 3.8) is 0 Å². The van der Waals surface area contributed by atoms with Crippen molar-refractivity contribution in [2.75, 3.05) is 39.3 Å². The average Bonchev–Trinajstić information content (AvgIpc) is 3.35. The largest absolute Gasteiger partial charge is 0.299 e. The van der Waals surface area contributed by atoms with Crippen LogP contribution in [0.4, 0.5) is 0 Å². The quantitative estimate of drug-likeness (QED) is 0.770. The van der Waals surface area contributed by atoms with E-state index in [0.717, 1.165) is 38.0 Å². The van der Waals surface area contributed by atoms with Gasteiger partial charge in [-0.25, -0.2) is 0 Å². The topological polar surface area (TPSA) is 56.8 Å². The first-order chi connectivity index (χ1) is 13.1. The highest BCUT2D eigenvalue weighted by molar-refractivity contribution is 7.86. The molecular formula is C20H32N4O2S. The number of hydrogen-bond acceptors (Lipinski definition) is 4. The second-order valence-electron chi connectivity index (χ2n) is 8.30. The van der Waals surface area contributed by atoms with Crippen LogP contribution in [0.15, 0.2) is 24.4 Å². The van der Waals surface area contributed by atoms with Gasteiger partial charge in [-0.3, -0.25) is 9.88 Å². The van der Waals surface area contributed by atoms with Gasteiger partial charge in [0.2, 0.25) is 0 Å². The van der Waals surface area contributed by atoms with Crippen LogP contribution in [0.3, 0.4) is 0 Å². The fraction of sp³-hybridized carbons (Fsp3) is 0.750. The van der Waals surface area contributed by atoms with Crippen LogP contribution in [0.5, 0.6) is 0 Å². The SMILES string of the molecule is O=S(=O)(N1CCCC1)N1CCN(C2CCCC2)C[C@@H](Cc2ccccn2)C1. The van der Waals surface area contributed by atoms with Gasteiger partial charge >= 0.3 is 0 Å². The van der Waals surface area contributed by atoms with Crippen molar-refractivity contribution in [3.8, 4) is 0 Å². The van der Waals surface area contributed by atoms with Crippen LogP contribution in [0.1, 0.15) is 44.2 Å². The zero-order valence-electron chi connectivity index (χ0n) is 16.2. The van der Waals surface area contributed by atoms with Gasteiger partial charge in [-0.1, -0.05) is 18.9 Å². The first kappa shape index (κ1) is 19.3. The Bertz CT molecular complexity index is 700. The zero-order chi connectivity index (χ0) is 18.7. The van der Waals surface area contributed by atoms with Crippen molar-refractivity contribution in [2.24, 2.45) is 5.92 Å². The van der Waals surface area contributed by atoms with Crippen molar-refractivity contribution in [1.29, 1.82) is 0 Å². The zero-order valence-corrected chi connectivity index (χ0v) is 17.0. The van der Waals surface area contributed by atoms with Gasteiger partial charge in [0.1, 0.15) is 0 Å². The maximum Gasteiger partial charge on any atom is 0.282 e. The van der Waals surface area contributed by atoms with E-state index in [2.05, 4.69) is 16.0 Å². The summed E-state index contributed by atoms with van der Waals surface area (Å²) in [5.74, 6) is 0.292. The van der Waals surface area contributed by atoms with Gasteiger partial charge in [0.05, 0.1) is 0 Å². The molecule has 1 aromatic rings. The molecule has 0 bridgehead atoms. The van der Waals surface area contributed by atoms with Gasteiger partial charge in [-0.2, -0.15) is 17.0 Å². The monoisotopic (exact) mass is 392 g/mol. The summed E-state index contributed by atoms with van der Waals surface area (Å²) in [7, 11) is -3.34. The van der Waals surface area contributed by atoms with E-state index in [-0.39, 0.29) is 0 Å². The third kappa shape index (κ3) is 4.53. The molecule has 0 unspecified atom stereocenters. The second-order valence-corrected chi connectivity index (χ2v) is 10.2. The number of aromatic nitrogens is 1. The lowest BCUT2D eigenvalue weighted by Crippen LogP contribution is -2.45. The minimum Gasteiger partial charge on any atom is -0.299 e. The molecule has 0 amide bonds. The Morgan fingerprint density at radius 1 is 0.926 bits per heavy atom. The lowest BCUT2D eigenvalue weighted by Gasteiger charge is -2.29. The van der Waals surface area contributed by atoms with E-state index in [9.17, 15) is 8.42 Å². The normalized spacial score (nSPS) is 27.2. The highest BCUT2D eigenvalue weighted by Crippen LogP contribution is 2.28. The molecule has 3 fully saturated rings. The van der Waals surface area contributed by atoms with Crippen LogP contribution >= 0.6 is 0 Å².